The molecule has 174 valence electrons. The molecule has 1 heterocycles. The zero-order chi connectivity index (χ0) is 24.6. The quantitative estimate of drug-likeness (QED) is 0.221. The van der Waals surface area contributed by atoms with E-state index in [0.717, 1.165) is 22.8 Å². The number of pyridine rings is 1. The first-order chi connectivity index (χ1) is 15.3. The summed E-state index contributed by atoms with van der Waals surface area (Å²) in [6, 6.07) is 6.05. The number of carboxylic acids is 1. The molecule has 1 aromatic carbocycles. The number of sulfonamides is 1. The third-order valence-corrected chi connectivity index (χ3v) is 7.65. The number of nitrogens with zero attached hydrogens (tertiary/aromatic N) is 2. The lowest BCUT2D eigenvalue weighted by Gasteiger charge is -2.24. The van der Waals surface area contributed by atoms with Crippen LogP contribution in [-0.2, 0) is 14.8 Å². The number of allylic oxidation sites excluding steroid dienone is 2. The van der Waals surface area contributed by atoms with Gasteiger partial charge in [-0.25, -0.2) is 13.2 Å². The molecule has 3 rings (SSSR count). The van der Waals surface area contributed by atoms with Gasteiger partial charge < -0.3 is 15.6 Å². The number of carbonyl (C=O) groups is 2. The van der Waals surface area contributed by atoms with E-state index in [-0.39, 0.29) is 15.9 Å². The van der Waals surface area contributed by atoms with Crippen molar-refractivity contribution in [3.05, 3.63) is 82.3 Å². The van der Waals surface area contributed by atoms with Gasteiger partial charge in [-0.05, 0) is 36.4 Å². The molecule has 1 aliphatic carbocycles. The molecule has 1 atom stereocenters. The minimum Gasteiger partial charge on any atom is -0.619 e. The Morgan fingerprint density at radius 1 is 1.24 bits per heavy atom. The molecule has 0 bridgehead atoms. The van der Waals surface area contributed by atoms with Crippen molar-refractivity contribution in [2.24, 2.45) is 0 Å². The summed E-state index contributed by atoms with van der Waals surface area (Å²) < 4.78 is 26.4. The fraction of sp³-hybridized carbons (Fsp3) is 0.150. The minimum atomic E-state index is -4.20. The minimum absolute atomic E-state index is 0.124. The number of alkyl halides is 2. The predicted octanol–water partition coefficient (Wildman–Crippen LogP) is 2.96. The van der Waals surface area contributed by atoms with Gasteiger partial charge in [-0.1, -0.05) is 55.6 Å². The number of halogens is 3. The number of hydrogen-bond acceptors (Lipinski definition) is 5. The summed E-state index contributed by atoms with van der Waals surface area (Å²) in [5.74, 6) is -2.09. The van der Waals surface area contributed by atoms with E-state index in [0.29, 0.717) is 10.7 Å². The maximum atomic E-state index is 13.0. The van der Waals surface area contributed by atoms with E-state index in [1.54, 1.807) is 6.08 Å². The molecule has 13 heteroatoms. The van der Waals surface area contributed by atoms with Crippen molar-refractivity contribution in [3.8, 4) is 0 Å². The summed E-state index contributed by atoms with van der Waals surface area (Å²) in [5, 5.41) is 24.5. The molecular formula is C20H16Br2ClN3O6S. The molecule has 0 spiro atoms. The molecule has 1 aromatic heterocycles. The van der Waals surface area contributed by atoms with Gasteiger partial charge >= 0.3 is 5.97 Å². The Kier molecular flexibility index (Phi) is 7.22. The summed E-state index contributed by atoms with van der Waals surface area (Å²) in [6.45, 7) is 0. The Labute approximate surface area is 211 Å². The standard InChI is InChI=1S/C20H16Br2ClN3O6S/c1-25(14-4-2-13(23)3-5-14)33(31,32)15-8-12(10-26(30)11-15)18(27)24-17-6-7-20(21,22)9-16(17)19(28)29/h2-11,17H,1H3,(H,24,27)(H,28,29). The van der Waals surface area contributed by atoms with Gasteiger partial charge in [-0.15, -0.1) is 0 Å². The van der Waals surface area contributed by atoms with Crippen molar-refractivity contribution in [3.63, 3.8) is 0 Å². The van der Waals surface area contributed by atoms with Gasteiger partial charge in [0.1, 0.15) is 8.80 Å². The Morgan fingerprint density at radius 3 is 2.48 bits per heavy atom. The van der Waals surface area contributed by atoms with Gasteiger partial charge in [0, 0.05) is 12.1 Å². The van der Waals surface area contributed by atoms with Gasteiger partial charge in [0.05, 0.1) is 17.3 Å². The molecule has 0 aliphatic heterocycles. The van der Waals surface area contributed by atoms with Gasteiger partial charge in [0.25, 0.3) is 15.9 Å². The third-order valence-electron chi connectivity index (χ3n) is 4.66. The highest BCUT2D eigenvalue weighted by Crippen LogP contribution is 2.35. The first-order valence-corrected chi connectivity index (χ1v) is 12.5. The number of hydrogen-bond donors (Lipinski definition) is 2. The van der Waals surface area contributed by atoms with Crippen LogP contribution in [0.4, 0.5) is 5.69 Å². The summed E-state index contributed by atoms with van der Waals surface area (Å²) in [4.78, 5) is 24.0. The average molecular weight is 622 g/mol. The first kappa shape index (κ1) is 25.2. The monoisotopic (exact) mass is 619 g/mol. The van der Waals surface area contributed by atoms with Crippen molar-refractivity contribution in [1.82, 2.24) is 5.32 Å². The van der Waals surface area contributed by atoms with E-state index in [4.69, 9.17) is 11.6 Å². The molecule has 1 aliphatic rings. The van der Waals surface area contributed by atoms with Gasteiger partial charge in [-0.2, -0.15) is 4.73 Å². The molecular weight excluding hydrogens is 606 g/mol. The molecule has 2 aromatic rings. The van der Waals surface area contributed by atoms with E-state index in [1.165, 1.54) is 43.5 Å². The maximum absolute atomic E-state index is 13.0. The highest BCUT2D eigenvalue weighted by Gasteiger charge is 2.31. The number of aromatic nitrogens is 1. The lowest BCUT2D eigenvalue weighted by molar-refractivity contribution is -0.607. The lowest BCUT2D eigenvalue weighted by Crippen LogP contribution is -2.41. The Morgan fingerprint density at radius 2 is 1.88 bits per heavy atom. The summed E-state index contributed by atoms with van der Waals surface area (Å²) in [5.41, 5.74) is -0.0904. The highest BCUT2D eigenvalue weighted by molar-refractivity contribution is 9.25. The second-order valence-electron chi connectivity index (χ2n) is 6.96. The second kappa shape index (κ2) is 9.45. The number of aliphatic carboxylic acids is 1. The van der Waals surface area contributed by atoms with Crippen molar-refractivity contribution in [2.45, 2.75) is 14.2 Å². The first-order valence-electron chi connectivity index (χ1n) is 9.12. The maximum Gasteiger partial charge on any atom is 0.333 e. The molecule has 0 radical (unpaired) electrons. The van der Waals surface area contributed by atoms with E-state index >= 15 is 0 Å². The van der Waals surface area contributed by atoms with Gasteiger partial charge in [0.2, 0.25) is 6.20 Å². The van der Waals surface area contributed by atoms with Crippen molar-refractivity contribution >= 4 is 71.0 Å². The van der Waals surface area contributed by atoms with Crippen LogP contribution in [0.2, 0.25) is 5.02 Å². The van der Waals surface area contributed by atoms with Crippen molar-refractivity contribution < 1.29 is 27.8 Å². The highest BCUT2D eigenvalue weighted by atomic mass is 79.9. The van der Waals surface area contributed by atoms with E-state index in [2.05, 4.69) is 37.2 Å². The van der Waals surface area contributed by atoms with Crippen molar-refractivity contribution in [1.29, 1.82) is 0 Å². The normalized spacial score (nSPS) is 17.2. The zero-order valence-electron chi connectivity index (χ0n) is 16.8. The van der Waals surface area contributed by atoms with Gasteiger partial charge in [0.15, 0.2) is 11.1 Å². The number of rotatable bonds is 6. The van der Waals surface area contributed by atoms with Crippen LogP contribution in [-0.4, -0.2) is 41.7 Å². The Balaban J connectivity index is 1.91. The van der Waals surface area contributed by atoms with Crippen LogP contribution in [0.3, 0.4) is 0 Å². The Bertz CT molecular complexity index is 1280. The molecule has 1 amide bonds. The summed E-state index contributed by atoms with van der Waals surface area (Å²) in [6.07, 6.45) is 6.11. The number of amides is 1. The number of nitrogens with one attached hydrogen (secondary N) is 1. The van der Waals surface area contributed by atoms with Crippen LogP contribution in [0, 0.1) is 5.21 Å². The largest absolute Gasteiger partial charge is 0.619 e. The van der Waals surface area contributed by atoms with Crippen LogP contribution < -0.4 is 14.4 Å². The van der Waals surface area contributed by atoms with Crippen molar-refractivity contribution in [2.75, 3.05) is 11.4 Å². The fourth-order valence-corrected chi connectivity index (χ4v) is 5.11. The SMILES string of the molecule is CN(c1ccc(Cl)cc1)S(=O)(=O)c1cc(C(=O)NC2C=CC(Br)(Br)C=C2C(=O)O)c[n+]([O-])c1. The topological polar surface area (TPSA) is 131 Å². The predicted molar refractivity (Wildman–Crippen MR) is 129 cm³/mol. The van der Waals surface area contributed by atoms with Crippen LogP contribution in [0.25, 0.3) is 0 Å². The number of carboxylic acid groups (broad SMARTS) is 1. The summed E-state index contributed by atoms with van der Waals surface area (Å²) in [7, 11) is -2.90. The molecule has 0 saturated heterocycles. The number of anilines is 1. The number of benzene rings is 1. The zero-order valence-corrected chi connectivity index (χ0v) is 21.5. The van der Waals surface area contributed by atoms with Crippen LogP contribution >= 0.6 is 43.5 Å². The molecule has 1 unspecified atom stereocenters. The van der Waals surface area contributed by atoms with Crippen LogP contribution in [0.15, 0.2) is 71.4 Å². The lowest BCUT2D eigenvalue weighted by atomic mass is 10.00. The van der Waals surface area contributed by atoms with E-state index < -0.39 is 36.1 Å². The van der Waals surface area contributed by atoms with Crippen LogP contribution in [0.5, 0.6) is 0 Å². The van der Waals surface area contributed by atoms with E-state index in [9.17, 15) is 28.3 Å². The molecule has 0 saturated carbocycles. The molecule has 9 nitrogen and oxygen atoms in total. The smallest absolute Gasteiger partial charge is 0.333 e. The average Bonchev–Trinajstić information content (AvgIpc) is 2.74. The summed E-state index contributed by atoms with van der Waals surface area (Å²) >= 11 is 12.4. The molecule has 0 fully saturated rings. The van der Waals surface area contributed by atoms with Crippen LogP contribution in [0.1, 0.15) is 10.4 Å². The molecule has 33 heavy (non-hydrogen) atoms. The third kappa shape index (κ3) is 5.75. The van der Waals surface area contributed by atoms with Gasteiger partial charge in [-0.3, -0.25) is 9.10 Å². The van der Waals surface area contributed by atoms with E-state index in [1.807, 2.05) is 0 Å². The Hall–Kier alpha value is -2.41. The fourth-order valence-electron chi connectivity index (χ4n) is 2.96. The molecule has 2 N–H and O–H groups in total. The number of carbonyl (C=O) groups excluding carboxylic acids is 1. The second-order valence-corrected chi connectivity index (χ2v) is 13.1.